The van der Waals surface area contributed by atoms with Crippen molar-refractivity contribution in [2.75, 3.05) is 45.3 Å². The quantitative estimate of drug-likeness (QED) is 0.0312. The molecule has 9 N–H and O–H groups in total. The van der Waals surface area contributed by atoms with Crippen molar-refractivity contribution in [2.24, 2.45) is 10.8 Å². The zero-order chi connectivity index (χ0) is 43.1. The molecule has 0 aliphatic carbocycles. The Kier molecular flexibility index (Phi) is 23.7. The van der Waals surface area contributed by atoms with Crippen molar-refractivity contribution in [3.05, 3.63) is 0 Å². The highest BCUT2D eigenvalue weighted by atomic mass is 32.2. The summed E-state index contributed by atoms with van der Waals surface area (Å²) in [5, 5.41) is 39.9. The maximum absolute atomic E-state index is 12.9. The predicted octanol–water partition coefficient (Wildman–Crippen LogP) is -0.569. The summed E-state index contributed by atoms with van der Waals surface area (Å²) in [6.45, 7) is 8.43. The Labute approximate surface area is 326 Å². The van der Waals surface area contributed by atoms with Crippen LogP contribution in [0.3, 0.4) is 0 Å². The fraction of sp³-hybridized carbons (Fsp3) is 0.765. The van der Waals surface area contributed by atoms with Crippen molar-refractivity contribution < 1.29 is 76.1 Å². The van der Waals surface area contributed by atoms with E-state index in [9.17, 15) is 61.5 Å². The third kappa shape index (κ3) is 26.4. The number of carboxylic acids is 3. The molecule has 0 saturated heterocycles. The molecule has 0 aromatic heterocycles. The van der Waals surface area contributed by atoms with Crippen molar-refractivity contribution >= 4 is 57.6 Å². The van der Waals surface area contributed by atoms with E-state index in [2.05, 4.69) is 26.6 Å². The number of unbranched alkanes of at least 4 members (excludes halogenated alkanes) is 1. The number of hydrogen-bond acceptors (Lipinski definition) is 12. The number of nitrogens with one attached hydrogen (secondary N) is 5. The van der Waals surface area contributed by atoms with Crippen molar-refractivity contribution in [1.82, 2.24) is 26.6 Å². The lowest BCUT2D eigenvalue weighted by Crippen LogP contribution is -2.54. The van der Waals surface area contributed by atoms with Crippen molar-refractivity contribution in [3.8, 4) is 0 Å². The van der Waals surface area contributed by atoms with Crippen molar-refractivity contribution in [3.63, 3.8) is 0 Å². The van der Waals surface area contributed by atoms with Crippen LogP contribution >= 0.6 is 0 Å². The minimum Gasteiger partial charge on any atom is -0.481 e. The second-order valence-electron chi connectivity index (χ2n) is 14.7. The molecule has 3 unspecified atom stereocenters. The van der Waals surface area contributed by atoms with E-state index in [1.54, 1.807) is 34.6 Å². The van der Waals surface area contributed by atoms with Gasteiger partial charge in [0, 0.05) is 32.4 Å². The number of ether oxygens (including phenoxy) is 2. The normalized spacial score (nSPS) is 13.4. The largest absolute Gasteiger partial charge is 0.481 e. The van der Waals surface area contributed by atoms with Crippen LogP contribution in [0.5, 0.6) is 0 Å². The molecule has 5 amide bonds. The van der Waals surface area contributed by atoms with E-state index in [0.717, 1.165) is 0 Å². The van der Waals surface area contributed by atoms with Crippen LogP contribution in [0.2, 0.25) is 0 Å². The van der Waals surface area contributed by atoms with Crippen molar-refractivity contribution in [2.45, 2.75) is 111 Å². The average Bonchev–Trinajstić information content (AvgIpc) is 3.04. The third-order valence-corrected chi connectivity index (χ3v) is 8.65. The molecule has 56 heavy (non-hydrogen) atoms. The van der Waals surface area contributed by atoms with Gasteiger partial charge in [0.15, 0.2) is 0 Å². The van der Waals surface area contributed by atoms with Gasteiger partial charge in [-0.1, -0.05) is 34.6 Å². The molecule has 0 saturated carbocycles. The summed E-state index contributed by atoms with van der Waals surface area (Å²) in [5.74, 6) is -8.49. The zero-order valence-electron chi connectivity index (χ0n) is 32.6. The number of carbonyl (C=O) groups excluding carboxylic acids is 5. The first-order valence-electron chi connectivity index (χ1n) is 18.1. The molecule has 0 aliphatic heterocycles. The molecule has 3 atom stereocenters. The standard InChI is InChI=1S/C34H59N5O16S/c1-6-25(40)35-12-8-7-9-22(31(47)48)37-28(43)19-55-16-15-54-14-13-36-26(41)11-10-23(32(49)50)39-30(46)24(20-56(51,52)53)38-27(42)17-33(2,3)21-34(4,5)18-29(44)45/h22-24H,6-21H2,1-5H3,(H,35,40)(H,36,41)(H,37,43)(H,38,42)(H,39,46)(H,44,45)(H,47,48)(H,49,50)(H,51,52,53). The monoisotopic (exact) mass is 825 g/mol. The molecule has 0 aliphatic rings. The smallest absolute Gasteiger partial charge is 0.326 e. The topological polar surface area (TPSA) is 330 Å². The first-order chi connectivity index (χ1) is 25.9. The van der Waals surface area contributed by atoms with E-state index >= 15 is 0 Å². The molecular formula is C34H59N5O16S. The van der Waals surface area contributed by atoms with Gasteiger partial charge in [-0.25, -0.2) is 9.59 Å². The van der Waals surface area contributed by atoms with Crippen LogP contribution in [-0.2, 0) is 57.9 Å². The maximum atomic E-state index is 12.9. The molecule has 0 heterocycles. The SMILES string of the molecule is CCC(=O)NCCCCC(NC(=O)COCCOCCNC(=O)CCC(NC(=O)C(CS(=O)(=O)O)NC(=O)CC(C)(C)CC(C)(C)CC(=O)O)C(=O)O)C(=O)O. The highest BCUT2D eigenvalue weighted by molar-refractivity contribution is 7.85. The van der Waals surface area contributed by atoms with E-state index in [-0.39, 0.29) is 58.0 Å². The molecule has 22 heteroatoms. The fourth-order valence-electron chi connectivity index (χ4n) is 5.76. The van der Waals surface area contributed by atoms with Gasteiger partial charge in [0.25, 0.3) is 10.1 Å². The van der Waals surface area contributed by atoms with Gasteiger partial charge in [-0.3, -0.25) is 33.3 Å². The lowest BCUT2D eigenvalue weighted by Gasteiger charge is -2.34. The number of rotatable bonds is 31. The van der Waals surface area contributed by atoms with Crippen LogP contribution in [-0.4, -0.2) is 139 Å². The van der Waals surface area contributed by atoms with Gasteiger partial charge in [0.2, 0.25) is 29.5 Å². The Hall–Kier alpha value is -4.41. The van der Waals surface area contributed by atoms with Gasteiger partial charge in [-0.15, -0.1) is 0 Å². The molecule has 0 fully saturated rings. The Morgan fingerprint density at radius 2 is 1.20 bits per heavy atom. The molecule has 0 aromatic carbocycles. The van der Waals surface area contributed by atoms with E-state index in [4.69, 9.17) is 14.6 Å². The van der Waals surface area contributed by atoms with Crippen LogP contribution < -0.4 is 26.6 Å². The second-order valence-corrected chi connectivity index (χ2v) is 16.2. The summed E-state index contributed by atoms with van der Waals surface area (Å²) in [4.78, 5) is 95.8. The summed E-state index contributed by atoms with van der Waals surface area (Å²) >= 11 is 0. The number of carbonyl (C=O) groups is 8. The first-order valence-corrected chi connectivity index (χ1v) is 19.7. The average molecular weight is 826 g/mol. The lowest BCUT2D eigenvalue weighted by molar-refractivity contribution is -0.143. The first kappa shape index (κ1) is 51.6. The highest BCUT2D eigenvalue weighted by Crippen LogP contribution is 2.38. The molecule has 21 nitrogen and oxygen atoms in total. The molecule has 0 aromatic rings. The van der Waals surface area contributed by atoms with Gasteiger partial charge in [0.05, 0.1) is 26.2 Å². The number of aliphatic carboxylic acids is 3. The molecule has 0 radical (unpaired) electrons. The maximum Gasteiger partial charge on any atom is 0.326 e. The van der Waals surface area contributed by atoms with Crippen molar-refractivity contribution in [1.29, 1.82) is 0 Å². The minimum absolute atomic E-state index is 0.00185. The summed E-state index contributed by atoms with van der Waals surface area (Å²) in [6, 6.07) is -4.69. The number of hydrogen-bond donors (Lipinski definition) is 9. The van der Waals surface area contributed by atoms with Gasteiger partial charge < -0.3 is 51.4 Å². The van der Waals surface area contributed by atoms with Crippen LogP contribution in [0.4, 0.5) is 0 Å². The van der Waals surface area contributed by atoms with Crippen LogP contribution in [0.1, 0.15) is 92.4 Å². The van der Waals surface area contributed by atoms with Gasteiger partial charge in [0.1, 0.15) is 30.5 Å². The number of amides is 5. The fourth-order valence-corrected chi connectivity index (χ4v) is 6.42. The summed E-state index contributed by atoms with van der Waals surface area (Å²) in [5.41, 5.74) is -1.51. The Bertz CT molecular complexity index is 1450. The summed E-state index contributed by atoms with van der Waals surface area (Å²) in [6.07, 6.45) is 0.524. The molecule has 0 bridgehead atoms. The van der Waals surface area contributed by atoms with Crippen LogP contribution in [0.25, 0.3) is 0 Å². The second kappa shape index (κ2) is 25.7. The lowest BCUT2D eigenvalue weighted by atomic mass is 9.72. The number of carboxylic acid groups (broad SMARTS) is 3. The Balaban J connectivity index is 4.71. The minimum atomic E-state index is -4.84. The zero-order valence-corrected chi connectivity index (χ0v) is 33.5. The van der Waals surface area contributed by atoms with E-state index in [0.29, 0.717) is 25.8 Å². The van der Waals surface area contributed by atoms with Gasteiger partial charge in [-0.05, 0) is 42.9 Å². The van der Waals surface area contributed by atoms with Gasteiger partial charge >= 0.3 is 17.9 Å². The molecular weight excluding hydrogens is 766 g/mol. The van der Waals surface area contributed by atoms with E-state index < -0.39 is 106 Å². The predicted molar refractivity (Wildman–Crippen MR) is 198 cm³/mol. The third-order valence-electron chi connectivity index (χ3n) is 7.90. The Morgan fingerprint density at radius 1 is 0.643 bits per heavy atom. The van der Waals surface area contributed by atoms with Crippen LogP contribution in [0.15, 0.2) is 0 Å². The van der Waals surface area contributed by atoms with E-state index in [1.807, 2.05) is 0 Å². The van der Waals surface area contributed by atoms with E-state index in [1.165, 1.54) is 0 Å². The highest BCUT2D eigenvalue weighted by Gasteiger charge is 2.35. The van der Waals surface area contributed by atoms with Crippen LogP contribution in [0, 0.1) is 10.8 Å². The molecule has 322 valence electrons. The summed E-state index contributed by atoms with van der Waals surface area (Å²) < 4.78 is 43.1. The Morgan fingerprint density at radius 3 is 1.77 bits per heavy atom. The van der Waals surface area contributed by atoms with Gasteiger partial charge in [-0.2, -0.15) is 8.42 Å². The summed E-state index contributed by atoms with van der Waals surface area (Å²) in [7, 11) is -4.84. The molecule has 0 rings (SSSR count). The molecule has 0 spiro atoms.